The fourth-order valence-corrected chi connectivity index (χ4v) is 3.65. The third kappa shape index (κ3) is 4.14. The van der Waals surface area contributed by atoms with Gasteiger partial charge in [0.2, 0.25) is 0 Å². The van der Waals surface area contributed by atoms with Gasteiger partial charge in [-0.25, -0.2) is 9.97 Å². The number of hydrogen-bond acceptors (Lipinski definition) is 7. The molecule has 3 aromatic rings. The van der Waals surface area contributed by atoms with Gasteiger partial charge >= 0.3 is 0 Å². The second kappa shape index (κ2) is 8.39. The molecule has 0 spiro atoms. The van der Waals surface area contributed by atoms with Crippen molar-refractivity contribution in [3.05, 3.63) is 46.9 Å². The number of anilines is 1. The number of rotatable bonds is 5. The Balaban J connectivity index is 1.51. The van der Waals surface area contributed by atoms with Crippen LogP contribution in [0.5, 0.6) is 0 Å². The molecular weight excluding hydrogens is 380 g/mol. The molecule has 4 rings (SSSR count). The highest BCUT2D eigenvalue weighted by atomic mass is 16.5. The number of aromatic nitrogens is 3. The quantitative estimate of drug-likeness (QED) is 0.694. The number of likely N-dealkylation sites (N-methyl/N-ethyl adjacent to an activating group) is 1. The molecule has 158 valence electrons. The standard InChI is InChI=1S/C22H28N6O2/c1-14(2)18-12-17(20-15(3)26-30-22(20)25-18)21(29)24-13-16-5-6-23-19(11-16)28-9-7-27(4)8-10-28/h5-6,11-12,14H,7-10,13H2,1-4H3,(H,24,29). The van der Waals surface area contributed by atoms with E-state index in [0.29, 0.717) is 28.9 Å². The number of pyridine rings is 2. The van der Waals surface area contributed by atoms with Crippen molar-refractivity contribution in [3.63, 3.8) is 0 Å². The lowest BCUT2D eigenvalue weighted by Gasteiger charge is -2.33. The van der Waals surface area contributed by atoms with Gasteiger partial charge in [-0.05, 0) is 43.7 Å². The fourth-order valence-electron chi connectivity index (χ4n) is 3.65. The Morgan fingerprint density at radius 2 is 2.00 bits per heavy atom. The third-order valence-electron chi connectivity index (χ3n) is 5.56. The number of carbonyl (C=O) groups excluding carboxylic acids is 1. The van der Waals surface area contributed by atoms with E-state index in [1.165, 1.54) is 0 Å². The Morgan fingerprint density at radius 3 is 2.73 bits per heavy atom. The predicted octanol–water partition coefficient (Wildman–Crippen LogP) is 2.73. The van der Waals surface area contributed by atoms with E-state index in [9.17, 15) is 4.79 Å². The van der Waals surface area contributed by atoms with E-state index in [4.69, 9.17) is 4.52 Å². The first-order chi connectivity index (χ1) is 14.4. The Hall–Kier alpha value is -3.00. The van der Waals surface area contributed by atoms with Crippen LogP contribution in [0.15, 0.2) is 28.9 Å². The van der Waals surface area contributed by atoms with Gasteiger partial charge in [0.15, 0.2) is 0 Å². The lowest BCUT2D eigenvalue weighted by atomic mass is 10.0. The zero-order valence-electron chi connectivity index (χ0n) is 18.0. The van der Waals surface area contributed by atoms with Crippen molar-refractivity contribution in [1.29, 1.82) is 0 Å². The van der Waals surface area contributed by atoms with Crippen molar-refractivity contribution in [1.82, 2.24) is 25.3 Å². The lowest BCUT2D eigenvalue weighted by molar-refractivity contribution is 0.0952. The molecule has 8 heteroatoms. The summed E-state index contributed by atoms with van der Waals surface area (Å²) in [6.07, 6.45) is 1.81. The smallest absolute Gasteiger partial charge is 0.259 e. The van der Waals surface area contributed by atoms with Gasteiger partial charge in [-0.2, -0.15) is 0 Å². The molecule has 0 unspecified atom stereocenters. The maximum absolute atomic E-state index is 13.0. The number of nitrogens with one attached hydrogen (secondary N) is 1. The molecule has 1 amide bonds. The molecule has 4 heterocycles. The van der Waals surface area contributed by atoms with Crippen LogP contribution in [0.1, 0.15) is 47.1 Å². The average molecular weight is 409 g/mol. The van der Waals surface area contributed by atoms with Gasteiger partial charge in [-0.15, -0.1) is 0 Å². The summed E-state index contributed by atoms with van der Waals surface area (Å²) in [5.74, 6) is 0.976. The number of carbonyl (C=O) groups is 1. The average Bonchev–Trinajstić information content (AvgIpc) is 3.13. The number of aryl methyl sites for hydroxylation is 1. The van der Waals surface area contributed by atoms with E-state index in [0.717, 1.165) is 43.3 Å². The molecule has 8 nitrogen and oxygen atoms in total. The maximum Gasteiger partial charge on any atom is 0.259 e. The molecule has 0 aliphatic carbocycles. The monoisotopic (exact) mass is 408 g/mol. The molecule has 3 aromatic heterocycles. The van der Waals surface area contributed by atoms with E-state index in [2.05, 4.69) is 43.4 Å². The molecule has 1 aliphatic rings. The molecule has 30 heavy (non-hydrogen) atoms. The highest BCUT2D eigenvalue weighted by molar-refractivity contribution is 6.06. The van der Waals surface area contributed by atoms with Crippen LogP contribution in [0.25, 0.3) is 11.1 Å². The van der Waals surface area contributed by atoms with E-state index in [1.807, 2.05) is 32.9 Å². The van der Waals surface area contributed by atoms with E-state index in [1.54, 1.807) is 6.20 Å². The van der Waals surface area contributed by atoms with Gasteiger partial charge in [0.1, 0.15) is 5.82 Å². The number of nitrogens with zero attached hydrogens (tertiary/aromatic N) is 5. The summed E-state index contributed by atoms with van der Waals surface area (Å²) in [6, 6.07) is 5.83. The minimum absolute atomic E-state index is 0.159. The SMILES string of the molecule is Cc1noc2nc(C(C)C)cc(C(=O)NCc3ccnc(N4CCN(C)CC4)c3)c12. The summed E-state index contributed by atoms with van der Waals surface area (Å²) < 4.78 is 5.33. The number of amides is 1. The normalized spacial score (nSPS) is 15.2. The van der Waals surface area contributed by atoms with Crippen molar-refractivity contribution in [2.75, 3.05) is 38.1 Å². The first-order valence-corrected chi connectivity index (χ1v) is 10.4. The van der Waals surface area contributed by atoms with Gasteiger partial charge in [-0.1, -0.05) is 19.0 Å². The second-order valence-corrected chi connectivity index (χ2v) is 8.19. The van der Waals surface area contributed by atoms with E-state index < -0.39 is 0 Å². The minimum atomic E-state index is -0.159. The molecule has 1 fully saturated rings. The summed E-state index contributed by atoms with van der Waals surface area (Å²) in [6.45, 7) is 10.3. The van der Waals surface area contributed by atoms with Crippen molar-refractivity contribution < 1.29 is 9.32 Å². The molecule has 1 aliphatic heterocycles. The van der Waals surface area contributed by atoms with Gasteiger partial charge in [0.25, 0.3) is 11.6 Å². The van der Waals surface area contributed by atoms with Crippen LogP contribution in [0, 0.1) is 6.92 Å². The van der Waals surface area contributed by atoms with Gasteiger partial charge in [0, 0.05) is 44.6 Å². The molecule has 0 radical (unpaired) electrons. The first kappa shape index (κ1) is 20.3. The van der Waals surface area contributed by atoms with Crippen molar-refractivity contribution >= 4 is 22.8 Å². The van der Waals surface area contributed by atoms with Crippen molar-refractivity contribution in [3.8, 4) is 0 Å². The van der Waals surface area contributed by atoms with Crippen LogP contribution < -0.4 is 10.2 Å². The first-order valence-electron chi connectivity index (χ1n) is 10.4. The maximum atomic E-state index is 13.0. The van der Waals surface area contributed by atoms with Crippen LogP contribution in [-0.2, 0) is 6.54 Å². The lowest BCUT2D eigenvalue weighted by Crippen LogP contribution is -2.44. The molecule has 1 N–H and O–H groups in total. The highest BCUT2D eigenvalue weighted by Gasteiger charge is 2.20. The summed E-state index contributed by atoms with van der Waals surface area (Å²) in [4.78, 5) is 26.7. The van der Waals surface area contributed by atoms with Gasteiger partial charge in [0.05, 0.1) is 16.6 Å². The van der Waals surface area contributed by atoms with Crippen molar-refractivity contribution in [2.45, 2.75) is 33.2 Å². The Kier molecular flexibility index (Phi) is 5.67. The Bertz CT molecular complexity index is 1050. The highest BCUT2D eigenvalue weighted by Crippen LogP contribution is 2.25. The summed E-state index contributed by atoms with van der Waals surface area (Å²) in [5, 5.41) is 7.70. The number of fused-ring (bicyclic) bond motifs is 1. The van der Waals surface area contributed by atoms with Crippen LogP contribution in [0.3, 0.4) is 0 Å². The largest absolute Gasteiger partial charge is 0.354 e. The third-order valence-corrected chi connectivity index (χ3v) is 5.56. The van der Waals surface area contributed by atoms with Crippen LogP contribution >= 0.6 is 0 Å². The molecule has 0 saturated carbocycles. The van der Waals surface area contributed by atoms with E-state index >= 15 is 0 Å². The minimum Gasteiger partial charge on any atom is -0.354 e. The van der Waals surface area contributed by atoms with Gasteiger partial charge in [-0.3, -0.25) is 4.79 Å². The van der Waals surface area contributed by atoms with E-state index in [-0.39, 0.29) is 11.8 Å². The van der Waals surface area contributed by atoms with Crippen LogP contribution in [0.4, 0.5) is 5.82 Å². The Morgan fingerprint density at radius 1 is 1.23 bits per heavy atom. The zero-order valence-corrected chi connectivity index (χ0v) is 18.0. The molecular formula is C22H28N6O2. The number of hydrogen-bond donors (Lipinski definition) is 1. The molecule has 0 aromatic carbocycles. The molecule has 0 atom stereocenters. The summed E-state index contributed by atoms with van der Waals surface area (Å²) in [5.41, 5.74) is 3.45. The summed E-state index contributed by atoms with van der Waals surface area (Å²) in [7, 11) is 2.13. The fraction of sp³-hybridized carbons (Fsp3) is 0.455. The molecule has 0 bridgehead atoms. The second-order valence-electron chi connectivity index (χ2n) is 8.19. The van der Waals surface area contributed by atoms with Crippen LogP contribution in [0.2, 0.25) is 0 Å². The Labute approximate surface area is 176 Å². The molecule has 1 saturated heterocycles. The number of piperazine rings is 1. The van der Waals surface area contributed by atoms with Crippen LogP contribution in [-0.4, -0.2) is 59.2 Å². The zero-order chi connectivity index (χ0) is 21.3. The van der Waals surface area contributed by atoms with Gasteiger partial charge < -0.3 is 19.6 Å². The van der Waals surface area contributed by atoms with Crippen molar-refractivity contribution in [2.24, 2.45) is 0 Å². The topological polar surface area (TPSA) is 87.4 Å². The summed E-state index contributed by atoms with van der Waals surface area (Å²) >= 11 is 0. The predicted molar refractivity (Wildman–Crippen MR) is 116 cm³/mol.